The Morgan fingerprint density at radius 3 is 2.84 bits per heavy atom. The summed E-state index contributed by atoms with van der Waals surface area (Å²) in [5, 5.41) is 22.3. The number of ether oxygens (including phenoxy) is 2. The van der Waals surface area contributed by atoms with E-state index >= 15 is 0 Å². The average Bonchev–Trinajstić information content (AvgIpc) is 3.29. The summed E-state index contributed by atoms with van der Waals surface area (Å²) in [4.78, 5) is 16.5. The minimum absolute atomic E-state index is 0.0414. The van der Waals surface area contributed by atoms with Crippen LogP contribution in [0.4, 0.5) is 5.82 Å². The molecule has 0 bridgehead atoms. The number of nitrogens with zero attached hydrogens (tertiary/aromatic N) is 5. The lowest BCUT2D eigenvalue weighted by Crippen LogP contribution is -2.34. The Labute approximate surface area is 188 Å². The SMILES string of the molecule is Nc1ncnc2c1ncn2[C@@H]1O[C@H](COc2cc3ncc(Br)cc3cc2Cl)[C@@H](O)[C@H]1O. The fourth-order valence-corrected chi connectivity index (χ4v) is 4.11. The van der Waals surface area contributed by atoms with Gasteiger partial charge in [0.15, 0.2) is 17.7 Å². The molecule has 1 saturated heterocycles. The molecule has 4 heterocycles. The van der Waals surface area contributed by atoms with Crippen LogP contribution in [0.5, 0.6) is 5.75 Å². The molecule has 0 radical (unpaired) electrons. The van der Waals surface area contributed by atoms with Crippen LogP contribution in [0.1, 0.15) is 6.23 Å². The van der Waals surface area contributed by atoms with Gasteiger partial charge in [-0.3, -0.25) is 9.55 Å². The van der Waals surface area contributed by atoms with Crippen molar-refractivity contribution in [2.75, 3.05) is 12.3 Å². The van der Waals surface area contributed by atoms with Crippen LogP contribution in [0.25, 0.3) is 22.1 Å². The summed E-state index contributed by atoms with van der Waals surface area (Å²) in [6.45, 7) is -0.0414. The van der Waals surface area contributed by atoms with Gasteiger partial charge >= 0.3 is 0 Å². The van der Waals surface area contributed by atoms with Crippen molar-refractivity contribution in [1.82, 2.24) is 24.5 Å². The summed E-state index contributed by atoms with van der Waals surface area (Å²) in [5.74, 6) is 0.606. The molecule has 1 aliphatic rings. The number of aromatic nitrogens is 5. The van der Waals surface area contributed by atoms with Gasteiger partial charge in [-0.05, 0) is 28.1 Å². The van der Waals surface area contributed by atoms with Crippen molar-refractivity contribution in [2.45, 2.75) is 24.5 Å². The second-order valence-corrected chi connectivity index (χ2v) is 8.39. The maximum absolute atomic E-state index is 10.6. The monoisotopic (exact) mass is 506 g/mol. The number of pyridine rings is 1. The highest BCUT2D eigenvalue weighted by atomic mass is 79.9. The molecule has 10 nitrogen and oxygen atoms in total. The van der Waals surface area contributed by atoms with E-state index in [4.69, 9.17) is 26.8 Å². The van der Waals surface area contributed by atoms with Crippen LogP contribution in [0.2, 0.25) is 5.02 Å². The third kappa shape index (κ3) is 3.58. The van der Waals surface area contributed by atoms with Gasteiger partial charge in [0.2, 0.25) is 0 Å². The van der Waals surface area contributed by atoms with Gasteiger partial charge in [-0.1, -0.05) is 11.6 Å². The minimum atomic E-state index is -1.23. The van der Waals surface area contributed by atoms with Crippen molar-refractivity contribution in [2.24, 2.45) is 0 Å². The lowest BCUT2D eigenvalue weighted by molar-refractivity contribution is -0.0474. The fraction of sp³-hybridized carbons (Fsp3) is 0.263. The van der Waals surface area contributed by atoms with Crippen LogP contribution in [0.3, 0.4) is 0 Å². The molecule has 5 rings (SSSR count). The Bertz CT molecular complexity index is 1290. The molecule has 0 aliphatic carbocycles. The zero-order valence-electron chi connectivity index (χ0n) is 15.8. The molecule has 4 atom stereocenters. The van der Waals surface area contributed by atoms with Crippen LogP contribution >= 0.6 is 27.5 Å². The van der Waals surface area contributed by atoms with Crippen LogP contribution in [0.15, 0.2) is 41.5 Å². The van der Waals surface area contributed by atoms with Gasteiger partial charge in [-0.15, -0.1) is 0 Å². The molecule has 0 unspecified atom stereocenters. The van der Waals surface area contributed by atoms with Crippen LogP contribution < -0.4 is 10.5 Å². The van der Waals surface area contributed by atoms with Crippen molar-refractivity contribution in [1.29, 1.82) is 0 Å². The van der Waals surface area contributed by atoms with E-state index < -0.39 is 24.5 Å². The van der Waals surface area contributed by atoms with Crippen LogP contribution in [-0.4, -0.2) is 59.6 Å². The van der Waals surface area contributed by atoms with E-state index in [1.165, 1.54) is 17.2 Å². The Morgan fingerprint density at radius 2 is 2.00 bits per heavy atom. The second kappa shape index (κ2) is 7.84. The molecule has 4 N–H and O–H groups in total. The van der Waals surface area contributed by atoms with Gasteiger partial charge in [0.05, 0.1) is 16.9 Å². The number of nitrogens with two attached hydrogens (primary N) is 1. The molecule has 4 aromatic rings. The smallest absolute Gasteiger partial charge is 0.167 e. The van der Waals surface area contributed by atoms with Gasteiger partial charge < -0.3 is 25.4 Å². The van der Waals surface area contributed by atoms with E-state index in [0.717, 1.165) is 9.86 Å². The summed E-state index contributed by atoms with van der Waals surface area (Å²) in [7, 11) is 0. The molecule has 1 fully saturated rings. The third-order valence-electron chi connectivity index (χ3n) is 5.10. The number of hydrogen-bond donors (Lipinski definition) is 3. The number of benzene rings is 1. The Kier molecular flexibility index (Phi) is 5.15. The third-order valence-corrected chi connectivity index (χ3v) is 5.83. The topological polar surface area (TPSA) is 141 Å². The number of hydrogen-bond acceptors (Lipinski definition) is 9. The normalized spacial score (nSPS) is 23.6. The lowest BCUT2D eigenvalue weighted by atomic mass is 10.1. The molecule has 12 heteroatoms. The molecule has 3 aromatic heterocycles. The van der Waals surface area contributed by atoms with Gasteiger partial charge in [0.1, 0.15) is 42.5 Å². The molecule has 1 aliphatic heterocycles. The molecule has 160 valence electrons. The Hall–Kier alpha value is -2.57. The largest absolute Gasteiger partial charge is 0.489 e. The highest BCUT2D eigenvalue weighted by Gasteiger charge is 2.44. The molecule has 0 spiro atoms. The minimum Gasteiger partial charge on any atom is -0.489 e. The molecule has 31 heavy (non-hydrogen) atoms. The first-order valence-electron chi connectivity index (χ1n) is 9.24. The van der Waals surface area contributed by atoms with Crippen molar-refractivity contribution in [3.63, 3.8) is 0 Å². The zero-order chi connectivity index (χ0) is 21.7. The summed E-state index contributed by atoms with van der Waals surface area (Å²) in [6.07, 6.45) is 0.237. The van der Waals surface area contributed by atoms with Crippen LogP contribution in [0, 0.1) is 0 Å². The molecule has 0 saturated carbocycles. The number of anilines is 1. The number of imidazole rings is 1. The first-order chi connectivity index (χ1) is 14.9. The van der Waals surface area contributed by atoms with Gasteiger partial charge in [-0.25, -0.2) is 15.0 Å². The van der Waals surface area contributed by atoms with E-state index in [-0.39, 0.29) is 12.4 Å². The Morgan fingerprint density at radius 1 is 1.16 bits per heavy atom. The molecule has 0 amide bonds. The maximum atomic E-state index is 10.6. The van der Waals surface area contributed by atoms with E-state index in [1.807, 2.05) is 6.07 Å². The van der Waals surface area contributed by atoms with Gasteiger partial charge in [-0.2, -0.15) is 0 Å². The van der Waals surface area contributed by atoms with Crippen molar-refractivity contribution in [3.05, 3.63) is 46.5 Å². The predicted octanol–water partition coefficient (Wildman–Crippen LogP) is 2.07. The number of nitrogen functional groups attached to an aromatic ring is 1. The predicted molar refractivity (Wildman–Crippen MR) is 116 cm³/mol. The lowest BCUT2D eigenvalue weighted by Gasteiger charge is -2.17. The first kappa shape index (κ1) is 20.3. The summed E-state index contributed by atoms with van der Waals surface area (Å²) < 4.78 is 14.0. The molecular formula is C19H16BrClN6O4. The number of rotatable bonds is 4. The quantitative estimate of drug-likeness (QED) is 0.378. The standard InChI is InChI=1S/C19H16BrClN6O4/c20-9-1-8-2-10(21)12(3-11(8)23-4-9)30-5-13-15(28)16(29)19(31-13)27-7-26-14-17(22)24-6-25-18(14)27/h1-4,6-7,13,15-16,19,28-29H,5H2,(H2,22,24,25)/t13-,15-,16-,19-/m1/s1. The van der Waals surface area contributed by atoms with E-state index in [0.29, 0.717) is 27.5 Å². The summed E-state index contributed by atoms with van der Waals surface area (Å²) in [6, 6.07) is 5.35. The highest BCUT2D eigenvalue weighted by molar-refractivity contribution is 9.10. The average molecular weight is 508 g/mol. The maximum Gasteiger partial charge on any atom is 0.167 e. The summed E-state index contributed by atoms with van der Waals surface area (Å²) >= 11 is 9.71. The molecule has 1 aromatic carbocycles. The Balaban J connectivity index is 1.36. The second-order valence-electron chi connectivity index (χ2n) is 7.07. The zero-order valence-corrected chi connectivity index (χ0v) is 18.1. The number of halogens is 2. The van der Waals surface area contributed by atoms with Crippen molar-refractivity contribution < 1.29 is 19.7 Å². The van der Waals surface area contributed by atoms with E-state index in [9.17, 15) is 10.2 Å². The van der Waals surface area contributed by atoms with E-state index in [1.54, 1.807) is 18.3 Å². The highest BCUT2D eigenvalue weighted by Crippen LogP contribution is 2.34. The van der Waals surface area contributed by atoms with Crippen molar-refractivity contribution >= 4 is 55.4 Å². The number of aliphatic hydroxyl groups excluding tert-OH is 2. The van der Waals surface area contributed by atoms with Crippen molar-refractivity contribution in [3.8, 4) is 5.75 Å². The van der Waals surface area contributed by atoms with E-state index in [2.05, 4.69) is 35.9 Å². The molecular weight excluding hydrogens is 492 g/mol. The summed E-state index contributed by atoms with van der Waals surface area (Å²) in [5.41, 5.74) is 7.29. The van der Waals surface area contributed by atoms with Gasteiger partial charge in [0, 0.05) is 22.1 Å². The number of aliphatic hydroxyl groups is 2. The fourth-order valence-electron chi connectivity index (χ4n) is 3.54. The first-order valence-corrected chi connectivity index (χ1v) is 10.4. The van der Waals surface area contributed by atoms with Gasteiger partial charge in [0.25, 0.3) is 0 Å². The van der Waals surface area contributed by atoms with Crippen LogP contribution in [-0.2, 0) is 4.74 Å². The number of fused-ring (bicyclic) bond motifs is 2.